The summed E-state index contributed by atoms with van der Waals surface area (Å²) in [6.07, 6.45) is 4.55. The molecule has 0 bridgehead atoms. The van der Waals surface area contributed by atoms with Crippen molar-refractivity contribution in [3.05, 3.63) is 29.1 Å². The number of anilines is 1. The second-order valence-electron chi connectivity index (χ2n) is 10.0. The Kier molecular flexibility index (Phi) is 8.83. The van der Waals surface area contributed by atoms with E-state index >= 15 is 0 Å². The highest BCUT2D eigenvalue weighted by Gasteiger charge is 2.28. The Labute approximate surface area is 216 Å². The summed E-state index contributed by atoms with van der Waals surface area (Å²) >= 11 is 1.52. The number of amides is 1. The van der Waals surface area contributed by atoms with E-state index in [9.17, 15) is 18.4 Å². The van der Waals surface area contributed by atoms with Crippen molar-refractivity contribution in [1.29, 1.82) is 0 Å². The van der Waals surface area contributed by atoms with Gasteiger partial charge in [-0.15, -0.1) is 11.3 Å². The van der Waals surface area contributed by atoms with Crippen molar-refractivity contribution in [3.63, 3.8) is 0 Å². The third-order valence-electron chi connectivity index (χ3n) is 7.37. The van der Waals surface area contributed by atoms with E-state index in [-0.39, 0.29) is 29.4 Å². The highest BCUT2D eigenvalue weighted by Crippen LogP contribution is 2.37. The predicted molar refractivity (Wildman–Crippen MR) is 140 cm³/mol. The van der Waals surface area contributed by atoms with Crippen LogP contribution in [0.3, 0.4) is 0 Å². The lowest BCUT2D eigenvalue weighted by atomic mass is 9.86. The average molecular weight is 522 g/mol. The number of thiophene rings is 1. The van der Waals surface area contributed by atoms with Crippen molar-refractivity contribution in [2.75, 3.05) is 44.2 Å². The predicted octanol–water partition coefficient (Wildman–Crippen LogP) is 5.15. The first-order valence-electron chi connectivity index (χ1n) is 13.1. The van der Waals surface area contributed by atoms with Gasteiger partial charge in [-0.1, -0.05) is 12.1 Å². The molecule has 1 N–H and O–H groups in total. The maximum atomic E-state index is 13.7. The van der Waals surface area contributed by atoms with Gasteiger partial charge in [-0.3, -0.25) is 14.5 Å². The molecule has 1 saturated carbocycles. The lowest BCUT2D eigenvalue weighted by Crippen LogP contribution is -2.46. The van der Waals surface area contributed by atoms with E-state index in [2.05, 4.69) is 20.5 Å². The Balaban J connectivity index is 1.16. The number of rotatable bonds is 9. The van der Waals surface area contributed by atoms with Crippen LogP contribution in [0.25, 0.3) is 10.1 Å². The minimum absolute atomic E-state index is 0.0256. The normalized spacial score (nSPS) is 21.5. The molecule has 9 heteroatoms. The molecule has 0 unspecified atom stereocenters. The third kappa shape index (κ3) is 6.73. The number of benzene rings is 1. The van der Waals surface area contributed by atoms with Crippen LogP contribution in [0, 0.1) is 5.92 Å². The van der Waals surface area contributed by atoms with Crippen molar-refractivity contribution in [3.8, 4) is 0 Å². The number of hydrogen-bond donors (Lipinski definition) is 1. The minimum Gasteiger partial charge on any atom is -0.466 e. The summed E-state index contributed by atoms with van der Waals surface area (Å²) in [5.74, 6) is -2.87. The van der Waals surface area contributed by atoms with Crippen LogP contribution in [0.1, 0.15) is 57.9 Å². The summed E-state index contributed by atoms with van der Waals surface area (Å²) < 4.78 is 33.3. The fourth-order valence-electron chi connectivity index (χ4n) is 5.24. The van der Waals surface area contributed by atoms with E-state index in [4.69, 9.17) is 4.74 Å². The third-order valence-corrected chi connectivity index (χ3v) is 8.30. The van der Waals surface area contributed by atoms with Gasteiger partial charge in [0.25, 0.3) is 5.92 Å². The number of esters is 1. The molecule has 6 nitrogen and oxygen atoms in total. The summed E-state index contributed by atoms with van der Waals surface area (Å²) in [5.41, 5.74) is 1.18. The quantitative estimate of drug-likeness (QED) is 0.463. The number of fused-ring (bicyclic) bond motifs is 1. The van der Waals surface area contributed by atoms with Gasteiger partial charge >= 0.3 is 5.97 Å². The topological polar surface area (TPSA) is 61.9 Å². The zero-order valence-electron chi connectivity index (χ0n) is 21.2. The molecular formula is C27H37F2N3O3S. The van der Waals surface area contributed by atoms with E-state index in [1.54, 1.807) is 6.07 Å². The molecular weight excluding hydrogens is 484 g/mol. The van der Waals surface area contributed by atoms with E-state index < -0.39 is 5.92 Å². The first-order valence-corrected chi connectivity index (χ1v) is 14.0. The number of carbonyl (C=O) groups is 2. The second kappa shape index (κ2) is 11.9. The Morgan fingerprint density at radius 1 is 1.14 bits per heavy atom. The lowest BCUT2D eigenvalue weighted by Gasteiger charge is -2.36. The molecule has 0 atom stereocenters. The molecule has 0 spiro atoms. The molecule has 2 aliphatic rings. The highest BCUT2D eigenvalue weighted by molar-refractivity contribution is 7.17. The van der Waals surface area contributed by atoms with Crippen LogP contribution in [0.5, 0.6) is 0 Å². The Hall–Kier alpha value is -2.26. The molecule has 198 valence electrons. The number of carbonyl (C=O) groups excluding carboxylic acids is 2. The van der Waals surface area contributed by atoms with E-state index in [1.165, 1.54) is 17.4 Å². The Morgan fingerprint density at radius 2 is 1.86 bits per heavy atom. The number of nitrogens with zero attached hydrogens (tertiary/aromatic N) is 2. The Morgan fingerprint density at radius 3 is 2.53 bits per heavy atom. The highest BCUT2D eigenvalue weighted by atomic mass is 32.1. The van der Waals surface area contributed by atoms with E-state index in [1.807, 2.05) is 13.0 Å². The zero-order valence-corrected chi connectivity index (χ0v) is 22.0. The van der Waals surface area contributed by atoms with Crippen molar-refractivity contribution in [2.45, 2.75) is 64.3 Å². The molecule has 1 aromatic carbocycles. The molecule has 0 radical (unpaired) electrons. The molecule has 1 saturated heterocycles. The molecule has 1 amide bonds. The monoisotopic (exact) mass is 521 g/mol. The average Bonchev–Trinajstić information content (AvgIpc) is 3.28. The van der Waals surface area contributed by atoms with Gasteiger partial charge < -0.3 is 15.0 Å². The summed E-state index contributed by atoms with van der Waals surface area (Å²) in [4.78, 5) is 29.0. The van der Waals surface area contributed by atoms with Gasteiger partial charge in [0.1, 0.15) is 0 Å². The van der Waals surface area contributed by atoms with Crippen LogP contribution in [0.4, 0.5) is 14.5 Å². The van der Waals surface area contributed by atoms with Gasteiger partial charge in [-0.05, 0) is 51.6 Å². The van der Waals surface area contributed by atoms with Crippen molar-refractivity contribution < 1.29 is 23.1 Å². The number of hydrogen-bond acceptors (Lipinski definition) is 6. The largest absolute Gasteiger partial charge is 0.466 e. The van der Waals surface area contributed by atoms with Gasteiger partial charge in [0, 0.05) is 66.6 Å². The van der Waals surface area contributed by atoms with E-state index in [0.29, 0.717) is 13.0 Å². The SMILES string of the molecule is CCOC(=O)C1CCC(NC(=O)CCCN2CCN(c3csc4cc(C(C)(F)F)ccc34)CC2)CC1. The van der Waals surface area contributed by atoms with Crippen LogP contribution in [0.15, 0.2) is 23.6 Å². The van der Waals surface area contributed by atoms with Crippen LogP contribution >= 0.6 is 11.3 Å². The summed E-state index contributed by atoms with van der Waals surface area (Å²) in [6.45, 7) is 7.66. The molecule has 1 aliphatic heterocycles. The van der Waals surface area contributed by atoms with Crippen molar-refractivity contribution in [1.82, 2.24) is 10.2 Å². The first kappa shape index (κ1) is 26.8. The number of halogens is 2. The fraction of sp³-hybridized carbons (Fsp3) is 0.630. The summed E-state index contributed by atoms with van der Waals surface area (Å²) in [6, 6.07) is 5.12. The van der Waals surface area contributed by atoms with Crippen LogP contribution in [0.2, 0.25) is 0 Å². The van der Waals surface area contributed by atoms with Gasteiger partial charge in [0.05, 0.1) is 18.2 Å². The van der Waals surface area contributed by atoms with Gasteiger partial charge in [0.2, 0.25) is 5.91 Å². The molecule has 2 heterocycles. The van der Waals surface area contributed by atoms with Crippen molar-refractivity contribution >= 4 is 39.0 Å². The molecule has 1 aromatic heterocycles. The standard InChI is InChI=1S/C27H37F2N3O3S/c1-3-35-26(34)19-6-9-21(10-7-19)30-25(33)5-4-12-31-13-15-32(16-14-31)23-18-36-24-17-20(27(2,28)29)8-11-22(23)24/h8,11,17-19,21H,3-7,9-10,12-16H2,1-2H3,(H,30,33). The minimum atomic E-state index is -2.83. The van der Waals surface area contributed by atoms with Crippen LogP contribution < -0.4 is 10.2 Å². The number of nitrogens with one attached hydrogen (secondary N) is 1. The van der Waals surface area contributed by atoms with E-state index in [0.717, 1.165) is 87.5 Å². The number of alkyl halides is 2. The van der Waals surface area contributed by atoms with Gasteiger partial charge in [-0.2, -0.15) is 0 Å². The molecule has 2 fully saturated rings. The molecule has 4 rings (SSSR count). The summed E-state index contributed by atoms with van der Waals surface area (Å²) in [5, 5.41) is 6.25. The van der Waals surface area contributed by atoms with Gasteiger partial charge in [-0.25, -0.2) is 8.78 Å². The zero-order chi connectivity index (χ0) is 25.7. The summed E-state index contributed by atoms with van der Waals surface area (Å²) in [7, 11) is 0. The number of piperazine rings is 1. The maximum Gasteiger partial charge on any atom is 0.308 e. The maximum absolute atomic E-state index is 13.7. The lowest BCUT2D eigenvalue weighted by molar-refractivity contribution is -0.149. The van der Waals surface area contributed by atoms with Crippen LogP contribution in [-0.4, -0.2) is 62.1 Å². The first-order chi connectivity index (χ1) is 17.2. The van der Waals surface area contributed by atoms with Gasteiger partial charge in [0.15, 0.2) is 0 Å². The fourth-order valence-corrected chi connectivity index (χ4v) is 6.25. The molecule has 1 aliphatic carbocycles. The number of ether oxygens (including phenoxy) is 1. The smallest absolute Gasteiger partial charge is 0.308 e. The van der Waals surface area contributed by atoms with Crippen LogP contribution in [-0.2, 0) is 20.2 Å². The molecule has 2 aromatic rings. The molecule has 36 heavy (non-hydrogen) atoms. The van der Waals surface area contributed by atoms with Crippen molar-refractivity contribution in [2.24, 2.45) is 5.92 Å². The Bertz CT molecular complexity index is 1040. The second-order valence-corrected chi connectivity index (χ2v) is 10.9.